The van der Waals surface area contributed by atoms with E-state index in [1.165, 1.54) is 0 Å². The van der Waals surface area contributed by atoms with Crippen molar-refractivity contribution in [2.45, 2.75) is 43.8 Å². The molecule has 0 spiro atoms. The van der Waals surface area contributed by atoms with E-state index in [9.17, 15) is 9.59 Å². The molecule has 1 unspecified atom stereocenters. The molecule has 3 heterocycles. The molecule has 0 saturated carbocycles. The van der Waals surface area contributed by atoms with Gasteiger partial charge in [-0.1, -0.05) is 6.07 Å². The van der Waals surface area contributed by atoms with Crippen molar-refractivity contribution >= 4 is 11.8 Å². The summed E-state index contributed by atoms with van der Waals surface area (Å²) in [5, 5.41) is 2.81. The first-order valence-electron chi connectivity index (χ1n) is 9.29. The molecule has 142 valence electrons. The van der Waals surface area contributed by atoms with E-state index in [1.807, 2.05) is 19.2 Å². The summed E-state index contributed by atoms with van der Waals surface area (Å²) in [6.07, 6.45) is 6.47. The summed E-state index contributed by atoms with van der Waals surface area (Å²) in [5.41, 5.74) is 0.360. The Bertz CT molecular complexity index is 631. The number of carbonyl (C=O) groups is 2. The third kappa shape index (κ3) is 3.59. The molecular formula is C19H28N4O3. The number of amides is 2. The number of nitrogens with one attached hydrogen (secondary N) is 1. The summed E-state index contributed by atoms with van der Waals surface area (Å²) in [5.74, 6) is 0.0662. The lowest BCUT2D eigenvalue weighted by molar-refractivity contribution is -0.148. The fraction of sp³-hybridized carbons (Fsp3) is 0.632. The highest BCUT2D eigenvalue weighted by atomic mass is 16.5. The Kier molecular flexibility index (Phi) is 5.88. The molecule has 2 aliphatic rings. The summed E-state index contributed by atoms with van der Waals surface area (Å²) in [6, 6.07) is 3.58. The third-order valence-electron chi connectivity index (χ3n) is 5.58. The quantitative estimate of drug-likeness (QED) is 0.841. The maximum atomic E-state index is 13.2. The molecule has 0 aromatic carbocycles. The lowest BCUT2D eigenvalue weighted by atomic mass is 9.86. The van der Waals surface area contributed by atoms with E-state index >= 15 is 0 Å². The van der Waals surface area contributed by atoms with Crippen LogP contribution in [0, 0.1) is 0 Å². The van der Waals surface area contributed by atoms with E-state index < -0.39 is 5.54 Å². The van der Waals surface area contributed by atoms with E-state index in [-0.39, 0.29) is 17.9 Å². The van der Waals surface area contributed by atoms with E-state index in [0.717, 1.165) is 24.9 Å². The second-order valence-corrected chi connectivity index (χ2v) is 7.13. The normalized spacial score (nSPS) is 22.8. The number of ether oxygens (including phenoxy) is 1. The SMILES string of the molecule is CNC(=O)C1(N2CCCC2C(=O)N(C)Cc2cccnc2)CCOCC1. The first kappa shape index (κ1) is 18.8. The van der Waals surface area contributed by atoms with Crippen LogP contribution in [-0.2, 0) is 20.9 Å². The van der Waals surface area contributed by atoms with Crippen molar-refractivity contribution in [1.29, 1.82) is 0 Å². The Morgan fingerprint density at radius 3 is 2.85 bits per heavy atom. The summed E-state index contributed by atoms with van der Waals surface area (Å²) < 4.78 is 5.49. The summed E-state index contributed by atoms with van der Waals surface area (Å²) in [7, 11) is 3.49. The second kappa shape index (κ2) is 8.14. The van der Waals surface area contributed by atoms with Gasteiger partial charge in [0.2, 0.25) is 11.8 Å². The van der Waals surface area contributed by atoms with Gasteiger partial charge >= 0.3 is 0 Å². The highest BCUT2D eigenvalue weighted by Crippen LogP contribution is 2.35. The van der Waals surface area contributed by atoms with Gasteiger partial charge in [-0.05, 0) is 37.3 Å². The Labute approximate surface area is 154 Å². The van der Waals surface area contributed by atoms with Gasteiger partial charge in [0.1, 0.15) is 5.54 Å². The number of carbonyl (C=O) groups excluding carboxylic acids is 2. The number of hydrogen-bond acceptors (Lipinski definition) is 5. The molecule has 0 radical (unpaired) electrons. The molecule has 1 aromatic heterocycles. The highest BCUT2D eigenvalue weighted by molar-refractivity contribution is 5.88. The monoisotopic (exact) mass is 360 g/mol. The smallest absolute Gasteiger partial charge is 0.240 e. The molecule has 3 rings (SSSR count). The third-order valence-corrected chi connectivity index (χ3v) is 5.58. The van der Waals surface area contributed by atoms with Gasteiger partial charge in [-0.25, -0.2) is 0 Å². The van der Waals surface area contributed by atoms with Gasteiger partial charge in [-0.15, -0.1) is 0 Å². The van der Waals surface area contributed by atoms with Gasteiger partial charge in [-0.3, -0.25) is 19.5 Å². The number of aromatic nitrogens is 1. The first-order chi connectivity index (χ1) is 12.6. The zero-order valence-corrected chi connectivity index (χ0v) is 15.6. The molecule has 7 heteroatoms. The maximum absolute atomic E-state index is 13.2. The fourth-order valence-electron chi connectivity index (χ4n) is 4.22. The minimum Gasteiger partial charge on any atom is -0.381 e. The zero-order chi connectivity index (χ0) is 18.6. The lowest BCUT2D eigenvalue weighted by Crippen LogP contribution is -2.64. The van der Waals surface area contributed by atoms with E-state index in [0.29, 0.717) is 32.6 Å². The van der Waals surface area contributed by atoms with Crippen LogP contribution in [0.15, 0.2) is 24.5 Å². The molecule has 2 saturated heterocycles. The average molecular weight is 360 g/mol. The Morgan fingerprint density at radius 1 is 1.42 bits per heavy atom. The lowest BCUT2D eigenvalue weighted by Gasteiger charge is -2.45. The zero-order valence-electron chi connectivity index (χ0n) is 15.6. The summed E-state index contributed by atoms with van der Waals surface area (Å²) >= 11 is 0. The first-order valence-corrected chi connectivity index (χ1v) is 9.29. The predicted octanol–water partition coefficient (Wildman–Crippen LogP) is 0.800. The molecule has 2 fully saturated rings. The van der Waals surface area contributed by atoms with Gasteiger partial charge in [0.15, 0.2) is 0 Å². The van der Waals surface area contributed by atoms with Gasteiger partial charge in [0.25, 0.3) is 0 Å². The van der Waals surface area contributed by atoms with Crippen LogP contribution in [0.4, 0.5) is 0 Å². The molecule has 1 N–H and O–H groups in total. The Hall–Kier alpha value is -1.99. The predicted molar refractivity (Wildman–Crippen MR) is 97.3 cm³/mol. The molecule has 2 aliphatic heterocycles. The molecule has 0 bridgehead atoms. The Morgan fingerprint density at radius 2 is 2.19 bits per heavy atom. The number of nitrogens with zero attached hydrogens (tertiary/aromatic N) is 3. The summed E-state index contributed by atoms with van der Waals surface area (Å²) in [4.78, 5) is 33.9. The highest BCUT2D eigenvalue weighted by Gasteiger charge is 2.50. The molecular weight excluding hydrogens is 332 g/mol. The molecule has 2 amide bonds. The minimum absolute atomic E-state index is 0.00425. The molecule has 7 nitrogen and oxygen atoms in total. The van der Waals surface area contributed by atoms with E-state index in [4.69, 9.17) is 4.74 Å². The molecule has 26 heavy (non-hydrogen) atoms. The van der Waals surface area contributed by atoms with Crippen molar-refractivity contribution in [3.8, 4) is 0 Å². The average Bonchev–Trinajstić information content (AvgIpc) is 3.18. The van der Waals surface area contributed by atoms with Crippen molar-refractivity contribution in [2.75, 3.05) is 33.9 Å². The van der Waals surface area contributed by atoms with Crippen molar-refractivity contribution in [3.05, 3.63) is 30.1 Å². The number of likely N-dealkylation sites (N-methyl/N-ethyl adjacent to an activating group) is 2. The van der Waals surface area contributed by atoms with Gasteiger partial charge in [-0.2, -0.15) is 0 Å². The van der Waals surface area contributed by atoms with Gasteiger partial charge in [0.05, 0.1) is 6.04 Å². The molecule has 0 aliphatic carbocycles. The topological polar surface area (TPSA) is 74.8 Å². The molecule has 1 aromatic rings. The van der Waals surface area contributed by atoms with Crippen LogP contribution < -0.4 is 5.32 Å². The number of hydrogen-bond donors (Lipinski definition) is 1. The van der Waals surface area contributed by atoms with Crippen LogP contribution in [0.5, 0.6) is 0 Å². The maximum Gasteiger partial charge on any atom is 0.240 e. The Balaban J connectivity index is 1.77. The second-order valence-electron chi connectivity index (χ2n) is 7.13. The van der Waals surface area contributed by atoms with Crippen LogP contribution in [-0.4, -0.2) is 72.0 Å². The van der Waals surface area contributed by atoms with Gasteiger partial charge < -0.3 is 15.0 Å². The summed E-state index contributed by atoms with van der Waals surface area (Å²) in [6.45, 7) is 2.39. The van der Waals surface area contributed by atoms with E-state index in [2.05, 4.69) is 15.2 Å². The van der Waals surface area contributed by atoms with Crippen LogP contribution >= 0.6 is 0 Å². The van der Waals surface area contributed by atoms with Gasteiger partial charge in [0, 0.05) is 52.8 Å². The minimum atomic E-state index is -0.640. The van der Waals surface area contributed by atoms with Crippen LogP contribution in [0.2, 0.25) is 0 Å². The van der Waals surface area contributed by atoms with Crippen molar-refractivity contribution in [1.82, 2.24) is 20.1 Å². The van der Waals surface area contributed by atoms with Crippen molar-refractivity contribution < 1.29 is 14.3 Å². The van der Waals surface area contributed by atoms with Crippen LogP contribution in [0.3, 0.4) is 0 Å². The number of pyridine rings is 1. The fourth-order valence-corrected chi connectivity index (χ4v) is 4.22. The van der Waals surface area contributed by atoms with E-state index in [1.54, 1.807) is 24.3 Å². The standard InChI is InChI=1S/C19H28N4O3/c1-20-18(25)19(7-11-26-12-8-19)23-10-4-6-16(23)17(24)22(2)14-15-5-3-9-21-13-15/h3,5,9,13,16H,4,6-8,10-12,14H2,1-2H3,(H,20,25). The number of likely N-dealkylation sites (tertiary alicyclic amines) is 1. The van der Waals surface area contributed by atoms with Crippen molar-refractivity contribution in [2.24, 2.45) is 0 Å². The molecule has 1 atom stereocenters. The number of rotatable bonds is 5. The van der Waals surface area contributed by atoms with Crippen molar-refractivity contribution in [3.63, 3.8) is 0 Å². The van der Waals surface area contributed by atoms with Crippen LogP contribution in [0.1, 0.15) is 31.2 Å². The van der Waals surface area contributed by atoms with Crippen LogP contribution in [0.25, 0.3) is 0 Å². The largest absolute Gasteiger partial charge is 0.381 e.